The molecular formula is C33H30F2N4O4. The zero-order valence-electron chi connectivity index (χ0n) is 23.3. The van der Waals surface area contributed by atoms with Gasteiger partial charge in [-0.1, -0.05) is 54.6 Å². The van der Waals surface area contributed by atoms with E-state index in [2.05, 4.69) is 12.1 Å². The lowest BCUT2D eigenvalue weighted by molar-refractivity contribution is -0.385. The Balaban J connectivity index is 1.32. The molecule has 2 heterocycles. The maximum atomic E-state index is 15.9. The molecule has 0 radical (unpaired) electrons. The Morgan fingerprint density at radius 2 is 1.09 bits per heavy atom. The zero-order chi connectivity index (χ0) is 30.1. The summed E-state index contributed by atoms with van der Waals surface area (Å²) < 4.78 is 31.7. The van der Waals surface area contributed by atoms with Crippen molar-refractivity contribution in [2.75, 3.05) is 22.9 Å². The van der Waals surface area contributed by atoms with Crippen LogP contribution in [0.25, 0.3) is 0 Å². The summed E-state index contributed by atoms with van der Waals surface area (Å²) in [5, 5.41) is 22.4. The Hall–Kier alpha value is -4.86. The van der Waals surface area contributed by atoms with Crippen molar-refractivity contribution in [3.8, 4) is 0 Å². The standard InChI is InChI=1S/C33H30F2N4O4/c34-29-20-28(21-30(35)33(29)36-18-16-23(17-19-36)22-4-2-1-3-5-22)37-31(24-6-10-26(11-7-24)38(40)41)14-15-32(37)25-8-12-27(13-9-25)39(42)43/h1-13,20-21,23,31-32H,14-19H2/t31-,32?/m0/s1. The molecule has 0 aliphatic carbocycles. The van der Waals surface area contributed by atoms with E-state index in [4.69, 9.17) is 0 Å². The van der Waals surface area contributed by atoms with E-state index in [0.29, 0.717) is 37.5 Å². The van der Waals surface area contributed by atoms with Crippen molar-refractivity contribution in [2.45, 2.75) is 43.7 Å². The van der Waals surface area contributed by atoms with Gasteiger partial charge in [-0.25, -0.2) is 8.78 Å². The van der Waals surface area contributed by atoms with E-state index in [1.807, 2.05) is 23.1 Å². The summed E-state index contributed by atoms with van der Waals surface area (Å²) in [6.45, 7) is 1.07. The van der Waals surface area contributed by atoms with Crippen molar-refractivity contribution >= 4 is 22.7 Å². The molecule has 0 saturated carbocycles. The Labute approximate surface area is 247 Å². The summed E-state index contributed by atoms with van der Waals surface area (Å²) in [5.41, 5.74) is 3.03. The largest absolute Gasteiger partial charge is 0.367 e. The fraction of sp³-hybridized carbons (Fsp3) is 0.273. The quantitative estimate of drug-likeness (QED) is 0.160. The third-order valence-electron chi connectivity index (χ3n) is 8.74. The van der Waals surface area contributed by atoms with Crippen LogP contribution in [-0.4, -0.2) is 22.9 Å². The number of nitrogens with zero attached hydrogens (tertiary/aromatic N) is 4. The molecule has 0 aromatic heterocycles. The van der Waals surface area contributed by atoms with E-state index in [-0.39, 0.29) is 29.1 Å². The topological polar surface area (TPSA) is 92.8 Å². The molecule has 0 bridgehead atoms. The van der Waals surface area contributed by atoms with Crippen LogP contribution in [0.5, 0.6) is 0 Å². The Morgan fingerprint density at radius 3 is 1.53 bits per heavy atom. The summed E-state index contributed by atoms with van der Waals surface area (Å²) in [7, 11) is 0. The van der Waals surface area contributed by atoms with E-state index >= 15 is 8.78 Å². The van der Waals surface area contributed by atoms with Crippen LogP contribution in [0.4, 0.5) is 31.5 Å². The number of nitro groups is 2. The maximum absolute atomic E-state index is 15.9. The number of nitro benzene ring substituents is 2. The first-order valence-corrected chi connectivity index (χ1v) is 14.4. The van der Waals surface area contributed by atoms with Crippen LogP contribution in [0.1, 0.15) is 60.4 Å². The second-order valence-corrected chi connectivity index (χ2v) is 11.1. The lowest BCUT2D eigenvalue weighted by Gasteiger charge is -2.36. The lowest BCUT2D eigenvalue weighted by Crippen LogP contribution is -2.34. The molecule has 2 aliphatic heterocycles. The highest BCUT2D eigenvalue weighted by Gasteiger charge is 2.37. The van der Waals surface area contributed by atoms with Crippen molar-refractivity contribution in [2.24, 2.45) is 0 Å². The first-order chi connectivity index (χ1) is 20.8. The van der Waals surface area contributed by atoms with E-state index in [9.17, 15) is 20.2 Å². The summed E-state index contributed by atoms with van der Waals surface area (Å²) >= 11 is 0. The van der Waals surface area contributed by atoms with Gasteiger partial charge in [0.05, 0.1) is 21.9 Å². The molecular weight excluding hydrogens is 554 g/mol. The van der Waals surface area contributed by atoms with Gasteiger partial charge in [0, 0.05) is 43.0 Å². The van der Waals surface area contributed by atoms with Gasteiger partial charge in [0.2, 0.25) is 0 Å². The number of benzene rings is 4. The number of non-ortho nitro benzene ring substituents is 2. The summed E-state index contributed by atoms with van der Waals surface area (Å²) in [5.74, 6) is -0.952. The van der Waals surface area contributed by atoms with Crippen molar-refractivity contribution in [3.63, 3.8) is 0 Å². The highest BCUT2D eigenvalue weighted by molar-refractivity contribution is 5.62. The van der Waals surface area contributed by atoms with Crippen LogP contribution in [0, 0.1) is 31.9 Å². The second kappa shape index (κ2) is 11.8. The van der Waals surface area contributed by atoms with E-state index in [0.717, 1.165) is 24.0 Å². The zero-order valence-corrected chi connectivity index (χ0v) is 23.3. The molecule has 2 fully saturated rings. The minimum absolute atomic E-state index is 0.0340. The molecule has 10 heteroatoms. The van der Waals surface area contributed by atoms with Crippen LogP contribution < -0.4 is 9.80 Å². The SMILES string of the molecule is O=[N+]([O-])c1ccc(C2CC[C@@H](c3ccc([N+](=O)[O-])cc3)N2c2cc(F)c(N3CCC(c4ccccc4)CC3)c(F)c2)cc1. The molecule has 4 aromatic carbocycles. The van der Waals surface area contributed by atoms with Gasteiger partial charge >= 0.3 is 0 Å². The number of rotatable bonds is 7. The number of halogens is 2. The molecule has 2 aliphatic rings. The van der Waals surface area contributed by atoms with Gasteiger partial charge < -0.3 is 9.80 Å². The van der Waals surface area contributed by atoms with Crippen LogP contribution in [-0.2, 0) is 0 Å². The first kappa shape index (κ1) is 28.3. The normalized spacial score (nSPS) is 19.0. The van der Waals surface area contributed by atoms with Crippen molar-refractivity contribution in [1.29, 1.82) is 0 Å². The lowest BCUT2D eigenvalue weighted by atomic mass is 9.89. The second-order valence-electron chi connectivity index (χ2n) is 11.1. The van der Waals surface area contributed by atoms with E-state index in [1.165, 1.54) is 42.0 Å². The molecule has 0 spiro atoms. The van der Waals surface area contributed by atoms with Crippen molar-refractivity contribution < 1.29 is 18.6 Å². The molecule has 220 valence electrons. The first-order valence-electron chi connectivity index (χ1n) is 14.4. The predicted molar refractivity (Wildman–Crippen MR) is 160 cm³/mol. The predicted octanol–water partition coefficient (Wildman–Crippen LogP) is 8.25. The Kier molecular flexibility index (Phi) is 7.75. The van der Waals surface area contributed by atoms with Crippen molar-refractivity contribution in [3.05, 3.63) is 140 Å². The average molecular weight is 585 g/mol. The summed E-state index contributed by atoms with van der Waals surface area (Å²) in [4.78, 5) is 25.2. The van der Waals surface area contributed by atoms with E-state index in [1.54, 1.807) is 29.2 Å². The van der Waals surface area contributed by atoms with E-state index < -0.39 is 21.5 Å². The van der Waals surface area contributed by atoms with Gasteiger partial charge in [-0.15, -0.1) is 0 Å². The fourth-order valence-corrected chi connectivity index (χ4v) is 6.63. The smallest absolute Gasteiger partial charge is 0.269 e. The van der Waals surface area contributed by atoms with Gasteiger partial charge in [-0.2, -0.15) is 0 Å². The highest BCUT2D eigenvalue weighted by atomic mass is 19.1. The molecule has 43 heavy (non-hydrogen) atoms. The fourth-order valence-electron chi connectivity index (χ4n) is 6.63. The monoisotopic (exact) mass is 584 g/mol. The summed E-state index contributed by atoms with van der Waals surface area (Å²) in [6, 6.07) is 24.7. The molecule has 6 rings (SSSR count). The van der Waals surface area contributed by atoms with Gasteiger partial charge in [-0.05, 0) is 60.4 Å². The van der Waals surface area contributed by atoms with Gasteiger partial charge in [0.25, 0.3) is 11.4 Å². The maximum Gasteiger partial charge on any atom is 0.269 e. The molecule has 8 nitrogen and oxygen atoms in total. The molecule has 0 N–H and O–H groups in total. The minimum atomic E-state index is -0.648. The Bertz CT molecular complexity index is 1540. The number of piperidine rings is 1. The number of hydrogen-bond acceptors (Lipinski definition) is 6. The molecule has 4 aromatic rings. The van der Waals surface area contributed by atoms with Gasteiger partial charge in [0.1, 0.15) is 5.69 Å². The Morgan fingerprint density at radius 1 is 0.628 bits per heavy atom. The van der Waals surface area contributed by atoms with Crippen molar-refractivity contribution in [1.82, 2.24) is 0 Å². The molecule has 1 unspecified atom stereocenters. The van der Waals surface area contributed by atoms with Gasteiger partial charge in [0.15, 0.2) is 11.6 Å². The molecule has 2 atom stereocenters. The van der Waals surface area contributed by atoms with Crippen LogP contribution >= 0.6 is 0 Å². The highest BCUT2D eigenvalue weighted by Crippen LogP contribution is 2.48. The number of anilines is 2. The van der Waals surface area contributed by atoms with Crippen LogP contribution in [0.2, 0.25) is 0 Å². The van der Waals surface area contributed by atoms with Crippen LogP contribution in [0.15, 0.2) is 91.0 Å². The molecule has 0 amide bonds. The van der Waals surface area contributed by atoms with Crippen LogP contribution in [0.3, 0.4) is 0 Å². The molecule has 2 saturated heterocycles. The third-order valence-corrected chi connectivity index (χ3v) is 8.74. The third kappa shape index (κ3) is 5.64. The van der Waals surface area contributed by atoms with Gasteiger partial charge in [-0.3, -0.25) is 20.2 Å². The number of hydrogen-bond donors (Lipinski definition) is 0. The average Bonchev–Trinajstić information content (AvgIpc) is 3.47. The minimum Gasteiger partial charge on any atom is -0.367 e. The summed E-state index contributed by atoms with van der Waals surface area (Å²) in [6.07, 6.45) is 2.83.